The van der Waals surface area contributed by atoms with Crippen LogP contribution in [-0.2, 0) is 4.79 Å². The summed E-state index contributed by atoms with van der Waals surface area (Å²) in [5, 5.41) is 16.6. The molecule has 11 heavy (non-hydrogen) atoms. The fraction of sp³-hybridized carbons (Fsp3) is 0.833. The van der Waals surface area contributed by atoms with Gasteiger partial charge in [0.15, 0.2) is 0 Å². The van der Waals surface area contributed by atoms with Gasteiger partial charge in [-0.2, -0.15) is 0 Å². The van der Waals surface area contributed by atoms with E-state index in [2.05, 4.69) is 0 Å². The van der Waals surface area contributed by atoms with Crippen LogP contribution in [0.5, 0.6) is 0 Å². The van der Waals surface area contributed by atoms with Crippen LogP contribution >= 0.6 is 12.4 Å². The van der Waals surface area contributed by atoms with Gasteiger partial charge in [-0.1, -0.05) is 0 Å². The Morgan fingerprint density at radius 1 is 1.55 bits per heavy atom. The predicted octanol–water partition coefficient (Wildman–Crippen LogP) is -0.0173. The van der Waals surface area contributed by atoms with Crippen LogP contribution in [-0.4, -0.2) is 28.8 Å². The third-order valence-electron chi connectivity index (χ3n) is 1.20. The second-order valence-electron chi connectivity index (χ2n) is 2.23. The van der Waals surface area contributed by atoms with Gasteiger partial charge >= 0.3 is 5.97 Å². The molecule has 0 saturated heterocycles. The Balaban J connectivity index is 0. The summed E-state index contributed by atoms with van der Waals surface area (Å²) in [6, 6.07) is -0.264. The van der Waals surface area contributed by atoms with Gasteiger partial charge in [0.1, 0.15) is 0 Å². The summed E-state index contributed by atoms with van der Waals surface area (Å²) in [4.78, 5) is 9.97. The molecule has 0 aromatic carbocycles. The molecule has 0 radical (unpaired) electrons. The second kappa shape index (κ2) is 7.78. The van der Waals surface area contributed by atoms with Gasteiger partial charge in [-0.05, 0) is 12.8 Å². The fourth-order valence-corrected chi connectivity index (χ4v) is 0.607. The Bertz CT molecular complexity index is 110. The number of hydrogen-bond acceptors (Lipinski definition) is 3. The van der Waals surface area contributed by atoms with Crippen molar-refractivity contribution >= 4 is 18.4 Å². The van der Waals surface area contributed by atoms with Gasteiger partial charge in [0.25, 0.3) is 0 Å². The van der Waals surface area contributed by atoms with Crippen molar-refractivity contribution in [1.29, 1.82) is 0 Å². The van der Waals surface area contributed by atoms with E-state index in [9.17, 15) is 4.79 Å². The van der Waals surface area contributed by atoms with Crippen molar-refractivity contribution in [2.75, 3.05) is 6.61 Å². The molecule has 0 bridgehead atoms. The van der Waals surface area contributed by atoms with Crippen LogP contribution in [0.3, 0.4) is 0 Å². The van der Waals surface area contributed by atoms with Gasteiger partial charge in [0.05, 0.1) is 6.61 Å². The zero-order chi connectivity index (χ0) is 7.98. The molecule has 0 rings (SSSR count). The van der Waals surface area contributed by atoms with Gasteiger partial charge in [0, 0.05) is 12.5 Å². The maximum absolute atomic E-state index is 9.97. The average molecular weight is 184 g/mol. The van der Waals surface area contributed by atoms with E-state index in [0.29, 0.717) is 12.8 Å². The summed E-state index contributed by atoms with van der Waals surface area (Å²) < 4.78 is 0. The first kappa shape index (κ1) is 13.3. The Morgan fingerprint density at radius 3 is 2.45 bits per heavy atom. The number of nitrogens with two attached hydrogens (primary N) is 1. The first-order valence-corrected chi connectivity index (χ1v) is 3.25. The molecule has 0 aromatic rings. The summed E-state index contributed by atoms with van der Waals surface area (Å²) in [5.74, 6) is -0.815. The predicted molar refractivity (Wildman–Crippen MR) is 43.8 cm³/mol. The van der Waals surface area contributed by atoms with Crippen LogP contribution in [0.25, 0.3) is 0 Å². The Morgan fingerprint density at radius 2 is 2.09 bits per heavy atom. The number of hydrogen-bond donors (Lipinski definition) is 3. The SMILES string of the molecule is Cl.NC(CO)CCCC(=O)O. The Hall–Kier alpha value is -0.320. The monoisotopic (exact) mass is 183 g/mol. The van der Waals surface area contributed by atoms with Gasteiger partial charge in [-0.25, -0.2) is 0 Å². The summed E-state index contributed by atoms with van der Waals surface area (Å²) in [6.45, 7) is -0.0698. The molecule has 0 amide bonds. The van der Waals surface area contributed by atoms with Crippen LogP contribution in [0.2, 0.25) is 0 Å². The average Bonchev–Trinajstić information content (AvgIpc) is 1.87. The molecule has 1 atom stereocenters. The summed E-state index contributed by atoms with van der Waals surface area (Å²) in [7, 11) is 0. The topological polar surface area (TPSA) is 83.5 Å². The molecule has 0 aliphatic carbocycles. The van der Waals surface area contributed by atoms with Crippen LogP contribution in [0.15, 0.2) is 0 Å². The number of carboxylic acids is 1. The lowest BCUT2D eigenvalue weighted by atomic mass is 10.1. The fourth-order valence-electron chi connectivity index (χ4n) is 0.607. The van der Waals surface area contributed by atoms with Gasteiger partial charge < -0.3 is 15.9 Å². The zero-order valence-electron chi connectivity index (χ0n) is 6.19. The van der Waals surface area contributed by atoms with Crippen LogP contribution in [0, 0.1) is 0 Å². The van der Waals surface area contributed by atoms with Gasteiger partial charge in [-0.3, -0.25) is 4.79 Å². The number of aliphatic carboxylic acids is 1. The van der Waals surface area contributed by atoms with Crippen molar-refractivity contribution in [2.45, 2.75) is 25.3 Å². The van der Waals surface area contributed by atoms with Crippen molar-refractivity contribution < 1.29 is 15.0 Å². The minimum Gasteiger partial charge on any atom is -0.481 e. The van der Waals surface area contributed by atoms with Crippen LogP contribution in [0.1, 0.15) is 19.3 Å². The molecule has 5 heteroatoms. The zero-order valence-corrected chi connectivity index (χ0v) is 7.01. The van der Waals surface area contributed by atoms with E-state index in [4.69, 9.17) is 15.9 Å². The highest BCUT2D eigenvalue weighted by Gasteiger charge is 2.01. The number of carboxylic acid groups (broad SMARTS) is 1. The third kappa shape index (κ3) is 9.68. The Kier molecular flexibility index (Phi) is 9.40. The lowest BCUT2D eigenvalue weighted by Gasteiger charge is -2.04. The van der Waals surface area contributed by atoms with Crippen molar-refractivity contribution in [3.63, 3.8) is 0 Å². The molecule has 0 aliphatic rings. The lowest BCUT2D eigenvalue weighted by molar-refractivity contribution is -0.137. The lowest BCUT2D eigenvalue weighted by Crippen LogP contribution is -2.24. The summed E-state index contributed by atoms with van der Waals surface area (Å²) in [5.41, 5.74) is 5.32. The highest BCUT2D eigenvalue weighted by molar-refractivity contribution is 5.85. The van der Waals surface area contributed by atoms with E-state index in [0.717, 1.165) is 0 Å². The highest BCUT2D eigenvalue weighted by Crippen LogP contribution is 1.97. The van der Waals surface area contributed by atoms with Crippen molar-refractivity contribution in [1.82, 2.24) is 0 Å². The standard InChI is InChI=1S/C6H13NO3.ClH/c7-5(4-8)2-1-3-6(9)10;/h5,8H,1-4,7H2,(H,9,10);1H. The van der Waals surface area contributed by atoms with Crippen molar-refractivity contribution in [3.05, 3.63) is 0 Å². The van der Waals surface area contributed by atoms with E-state index >= 15 is 0 Å². The van der Waals surface area contributed by atoms with Gasteiger partial charge in [0.2, 0.25) is 0 Å². The third-order valence-corrected chi connectivity index (χ3v) is 1.20. The maximum atomic E-state index is 9.97. The molecule has 0 aromatic heterocycles. The molecule has 0 spiro atoms. The smallest absolute Gasteiger partial charge is 0.303 e. The number of halogens is 1. The Labute approximate surface area is 71.8 Å². The summed E-state index contributed by atoms with van der Waals surface area (Å²) >= 11 is 0. The molecular formula is C6H14ClNO3. The quantitative estimate of drug-likeness (QED) is 0.560. The van der Waals surface area contributed by atoms with E-state index in [1.807, 2.05) is 0 Å². The molecule has 0 heterocycles. The minimum atomic E-state index is -0.815. The second-order valence-corrected chi connectivity index (χ2v) is 2.23. The van der Waals surface area contributed by atoms with E-state index < -0.39 is 5.97 Å². The highest BCUT2D eigenvalue weighted by atomic mass is 35.5. The number of aliphatic hydroxyl groups is 1. The first-order chi connectivity index (χ1) is 4.66. The van der Waals surface area contributed by atoms with Crippen molar-refractivity contribution in [2.24, 2.45) is 5.73 Å². The maximum Gasteiger partial charge on any atom is 0.303 e. The molecule has 4 N–H and O–H groups in total. The summed E-state index contributed by atoms with van der Waals surface area (Å²) in [6.07, 6.45) is 1.24. The molecule has 1 unspecified atom stereocenters. The molecule has 68 valence electrons. The van der Waals surface area contributed by atoms with Crippen LogP contribution < -0.4 is 5.73 Å². The molecule has 4 nitrogen and oxygen atoms in total. The molecule has 0 saturated carbocycles. The van der Waals surface area contributed by atoms with E-state index in [-0.39, 0.29) is 31.5 Å². The van der Waals surface area contributed by atoms with E-state index in [1.54, 1.807) is 0 Å². The van der Waals surface area contributed by atoms with Crippen molar-refractivity contribution in [3.8, 4) is 0 Å². The first-order valence-electron chi connectivity index (χ1n) is 3.25. The van der Waals surface area contributed by atoms with Gasteiger partial charge in [-0.15, -0.1) is 12.4 Å². The van der Waals surface area contributed by atoms with Crippen LogP contribution in [0.4, 0.5) is 0 Å². The number of rotatable bonds is 5. The van der Waals surface area contributed by atoms with E-state index in [1.165, 1.54) is 0 Å². The number of aliphatic hydroxyl groups excluding tert-OH is 1. The molecule has 0 fully saturated rings. The molecule has 0 aliphatic heterocycles. The number of carbonyl (C=O) groups is 1. The normalized spacial score (nSPS) is 11.8. The minimum absolute atomic E-state index is 0. The molecular weight excluding hydrogens is 170 g/mol. The largest absolute Gasteiger partial charge is 0.481 e.